The van der Waals surface area contributed by atoms with Crippen molar-refractivity contribution in [3.63, 3.8) is 0 Å². The summed E-state index contributed by atoms with van der Waals surface area (Å²) in [7, 11) is 0. The Morgan fingerprint density at radius 3 is 2.43 bits per heavy atom. The molecule has 4 bridgehead atoms. The van der Waals surface area contributed by atoms with Gasteiger partial charge in [-0.25, -0.2) is 0 Å². The fourth-order valence-corrected chi connectivity index (χ4v) is 6.71. The smallest absolute Gasteiger partial charge is 0.273 e. The van der Waals surface area contributed by atoms with Crippen LogP contribution in [0, 0.1) is 43.9 Å². The van der Waals surface area contributed by atoms with Gasteiger partial charge in [0, 0.05) is 6.54 Å². The molecule has 5 heteroatoms. The number of aryl methyl sites for hydroxylation is 3. The Balaban J connectivity index is 1.25. The van der Waals surface area contributed by atoms with Crippen molar-refractivity contribution in [2.45, 2.75) is 65.9 Å². The molecule has 4 aliphatic carbocycles. The van der Waals surface area contributed by atoms with Gasteiger partial charge in [0.25, 0.3) is 5.91 Å². The Hall–Kier alpha value is -2.30. The van der Waals surface area contributed by atoms with Crippen LogP contribution in [0.2, 0.25) is 0 Å². The lowest BCUT2D eigenvalue weighted by Crippen LogP contribution is -2.51. The van der Waals surface area contributed by atoms with Crippen molar-refractivity contribution < 1.29 is 14.1 Å². The van der Waals surface area contributed by atoms with Gasteiger partial charge in [0.1, 0.15) is 18.1 Å². The van der Waals surface area contributed by atoms with Crippen molar-refractivity contribution in [2.75, 3.05) is 6.54 Å². The average Bonchev–Trinajstić information content (AvgIpc) is 3.05. The molecule has 6 rings (SSSR count). The Labute approximate surface area is 178 Å². The summed E-state index contributed by atoms with van der Waals surface area (Å²) in [6.45, 7) is 6.97. The molecule has 4 aliphatic rings. The van der Waals surface area contributed by atoms with E-state index in [2.05, 4.69) is 23.5 Å². The number of nitrogens with one attached hydrogen (secondary N) is 1. The monoisotopic (exact) mass is 408 g/mol. The van der Waals surface area contributed by atoms with E-state index in [0.717, 1.165) is 41.2 Å². The summed E-state index contributed by atoms with van der Waals surface area (Å²) < 4.78 is 11.4. The lowest BCUT2D eigenvalue weighted by molar-refractivity contribution is -0.0503. The highest BCUT2D eigenvalue weighted by molar-refractivity contribution is 5.93. The number of rotatable bonds is 6. The topological polar surface area (TPSA) is 64.4 Å². The van der Waals surface area contributed by atoms with Crippen LogP contribution in [0.3, 0.4) is 0 Å². The van der Waals surface area contributed by atoms with Crippen LogP contribution in [0.15, 0.2) is 22.7 Å². The summed E-state index contributed by atoms with van der Waals surface area (Å²) in [4.78, 5) is 13.0. The van der Waals surface area contributed by atoms with Crippen molar-refractivity contribution in [2.24, 2.45) is 23.2 Å². The SMILES string of the molecule is Cc1ccc(OCc2c(C(=O)NCC34CC5CC(CC(C5)C3)C4)noc2C)c(C)c1. The summed E-state index contributed by atoms with van der Waals surface area (Å²) in [6, 6.07) is 6.09. The third kappa shape index (κ3) is 3.63. The van der Waals surface area contributed by atoms with Crippen LogP contribution in [0.4, 0.5) is 0 Å². The number of amides is 1. The molecule has 0 radical (unpaired) electrons. The lowest BCUT2D eigenvalue weighted by atomic mass is 9.49. The van der Waals surface area contributed by atoms with E-state index in [0.29, 0.717) is 16.9 Å². The first-order chi connectivity index (χ1) is 14.4. The highest BCUT2D eigenvalue weighted by Gasteiger charge is 2.50. The fourth-order valence-electron chi connectivity index (χ4n) is 6.71. The minimum Gasteiger partial charge on any atom is -0.488 e. The third-order valence-electron chi connectivity index (χ3n) is 7.69. The van der Waals surface area contributed by atoms with Gasteiger partial charge < -0.3 is 14.6 Å². The summed E-state index contributed by atoms with van der Waals surface area (Å²) in [6.07, 6.45) is 8.07. The molecule has 0 aliphatic heterocycles. The summed E-state index contributed by atoms with van der Waals surface area (Å²) in [5, 5.41) is 7.27. The molecule has 4 saturated carbocycles. The molecule has 4 fully saturated rings. The predicted octanol–water partition coefficient (Wildman–Crippen LogP) is 5.13. The second-order valence-corrected chi connectivity index (χ2v) is 10.2. The molecule has 1 aromatic heterocycles. The van der Waals surface area contributed by atoms with Gasteiger partial charge in [0.05, 0.1) is 5.56 Å². The molecule has 0 unspecified atom stereocenters. The van der Waals surface area contributed by atoms with E-state index in [4.69, 9.17) is 9.26 Å². The number of benzene rings is 1. The first-order valence-corrected chi connectivity index (χ1v) is 11.3. The predicted molar refractivity (Wildman–Crippen MR) is 114 cm³/mol. The number of carbonyl (C=O) groups is 1. The minimum atomic E-state index is -0.137. The second kappa shape index (κ2) is 7.44. The average molecular weight is 409 g/mol. The van der Waals surface area contributed by atoms with Crippen LogP contribution >= 0.6 is 0 Å². The molecule has 2 aromatic rings. The molecular weight excluding hydrogens is 376 g/mol. The number of ether oxygens (including phenoxy) is 1. The van der Waals surface area contributed by atoms with Gasteiger partial charge in [0.15, 0.2) is 5.69 Å². The van der Waals surface area contributed by atoms with Gasteiger partial charge in [-0.3, -0.25) is 4.79 Å². The molecule has 1 heterocycles. The molecule has 0 spiro atoms. The van der Waals surface area contributed by atoms with Crippen LogP contribution in [0.1, 0.15) is 71.5 Å². The third-order valence-corrected chi connectivity index (χ3v) is 7.69. The lowest BCUT2D eigenvalue weighted by Gasteiger charge is -2.56. The molecule has 1 aromatic carbocycles. The maximum Gasteiger partial charge on any atom is 0.273 e. The number of hydrogen-bond donors (Lipinski definition) is 1. The fraction of sp³-hybridized carbons (Fsp3) is 0.600. The summed E-state index contributed by atoms with van der Waals surface area (Å²) in [5.74, 6) is 3.96. The van der Waals surface area contributed by atoms with Gasteiger partial charge in [0.2, 0.25) is 0 Å². The molecule has 1 amide bonds. The molecule has 1 N–H and O–H groups in total. The van der Waals surface area contributed by atoms with Crippen LogP contribution < -0.4 is 10.1 Å². The van der Waals surface area contributed by atoms with E-state index in [-0.39, 0.29) is 12.5 Å². The van der Waals surface area contributed by atoms with Gasteiger partial charge in [-0.2, -0.15) is 0 Å². The highest BCUT2D eigenvalue weighted by atomic mass is 16.5. The van der Waals surface area contributed by atoms with Crippen molar-refractivity contribution >= 4 is 5.91 Å². The standard InChI is InChI=1S/C25H32N2O3/c1-15-4-5-22(16(2)6-15)29-13-21-17(3)30-27-23(21)24(28)26-14-25-10-18-7-19(11-25)9-20(8-18)12-25/h4-6,18-20H,7-14H2,1-3H3,(H,26,28). The molecule has 30 heavy (non-hydrogen) atoms. The molecule has 5 nitrogen and oxygen atoms in total. The number of carbonyl (C=O) groups excluding carboxylic acids is 1. The van der Waals surface area contributed by atoms with Crippen molar-refractivity contribution in [3.05, 3.63) is 46.3 Å². The van der Waals surface area contributed by atoms with E-state index < -0.39 is 0 Å². The zero-order valence-electron chi connectivity index (χ0n) is 18.3. The van der Waals surface area contributed by atoms with Crippen molar-refractivity contribution in [1.29, 1.82) is 0 Å². The number of nitrogens with zero attached hydrogens (tertiary/aromatic N) is 1. The number of hydrogen-bond acceptors (Lipinski definition) is 4. The second-order valence-electron chi connectivity index (χ2n) is 10.2. The first kappa shape index (κ1) is 19.7. The maximum atomic E-state index is 13.0. The Kier molecular flexibility index (Phi) is 4.87. The Morgan fingerprint density at radius 2 is 1.80 bits per heavy atom. The zero-order valence-corrected chi connectivity index (χ0v) is 18.3. The Bertz CT molecular complexity index is 926. The Morgan fingerprint density at radius 1 is 1.13 bits per heavy atom. The van der Waals surface area contributed by atoms with Crippen molar-refractivity contribution in [1.82, 2.24) is 10.5 Å². The van der Waals surface area contributed by atoms with E-state index >= 15 is 0 Å². The van der Waals surface area contributed by atoms with E-state index in [1.54, 1.807) is 0 Å². The van der Waals surface area contributed by atoms with E-state index in [9.17, 15) is 4.79 Å². The van der Waals surface area contributed by atoms with Crippen LogP contribution in [-0.2, 0) is 6.61 Å². The molecule has 0 atom stereocenters. The molecule has 0 saturated heterocycles. The molecule has 160 valence electrons. The first-order valence-electron chi connectivity index (χ1n) is 11.3. The maximum absolute atomic E-state index is 13.0. The largest absolute Gasteiger partial charge is 0.488 e. The molecular formula is C25H32N2O3. The summed E-state index contributed by atoms with van der Waals surface area (Å²) in [5.41, 5.74) is 3.68. The normalized spacial score (nSPS) is 29.2. The van der Waals surface area contributed by atoms with Gasteiger partial charge in [-0.15, -0.1) is 0 Å². The van der Waals surface area contributed by atoms with E-state index in [1.807, 2.05) is 26.0 Å². The minimum absolute atomic E-state index is 0.137. The quantitative estimate of drug-likeness (QED) is 0.720. The van der Waals surface area contributed by atoms with Crippen molar-refractivity contribution in [3.8, 4) is 5.75 Å². The van der Waals surface area contributed by atoms with Gasteiger partial charge in [-0.05, 0) is 94.1 Å². The summed E-state index contributed by atoms with van der Waals surface area (Å²) >= 11 is 0. The van der Waals surface area contributed by atoms with Crippen LogP contribution in [0.5, 0.6) is 5.75 Å². The van der Waals surface area contributed by atoms with Gasteiger partial charge >= 0.3 is 0 Å². The van der Waals surface area contributed by atoms with Gasteiger partial charge in [-0.1, -0.05) is 22.9 Å². The number of aromatic nitrogens is 1. The van der Waals surface area contributed by atoms with Crippen LogP contribution in [-0.4, -0.2) is 17.6 Å². The van der Waals surface area contributed by atoms with E-state index in [1.165, 1.54) is 44.1 Å². The van der Waals surface area contributed by atoms with Crippen LogP contribution in [0.25, 0.3) is 0 Å². The zero-order chi connectivity index (χ0) is 20.9. The highest BCUT2D eigenvalue weighted by Crippen LogP contribution is 2.59.